The van der Waals surface area contributed by atoms with E-state index in [0.29, 0.717) is 28.1 Å². The van der Waals surface area contributed by atoms with E-state index < -0.39 is 36.2 Å². The van der Waals surface area contributed by atoms with Crippen molar-refractivity contribution < 1.29 is 60.1 Å². The van der Waals surface area contributed by atoms with Crippen molar-refractivity contribution in [2.75, 3.05) is 26.0 Å². The molecule has 1 aromatic carbocycles. The number of carbonyl (C=O) groups is 3. The van der Waals surface area contributed by atoms with Gasteiger partial charge >= 0.3 is 24.3 Å². The minimum Gasteiger partial charge on any atom is -0.493 e. The highest BCUT2D eigenvalue weighted by atomic mass is 19.4. The number of benzene rings is 1. The topological polar surface area (TPSA) is 207 Å². The summed E-state index contributed by atoms with van der Waals surface area (Å²) in [7, 11) is 3.24. The van der Waals surface area contributed by atoms with Crippen LogP contribution in [-0.4, -0.2) is 90.9 Å². The average Bonchev–Trinajstić information content (AvgIpc) is 3.51. The maximum Gasteiger partial charge on any atom is 0.490 e. The minimum atomic E-state index is -5.08. The first kappa shape index (κ1) is 39.1. The lowest BCUT2D eigenvalue weighted by molar-refractivity contribution is -0.193. The number of aromatic nitrogens is 5. The molecular formula is C28H25F7N8O6. The van der Waals surface area contributed by atoms with Gasteiger partial charge in [-0.15, -0.1) is 0 Å². The number of hydrogen-bond acceptors (Lipinski definition) is 10. The van der Waals surface area contributed by atoms with E-state index in [1.54, 1.807) is 27.1 Å². The third kappa shape index (κ3) is 10.2. The zero-order valence-electron chi connectivity index (χ0n) is 25.6. The van der Waals surface area contributed by atoms with Gasteiger partial charge in [-0.1, -0.05) is 6.07 Å². The summed E-state index contributed by atoms with van der Waals surface area (Å²) in [5, 5.41) is 27.2. The molecule has 21 heteroatoms. The number of nitrogens with zero attached hydrogens (tertiary/aromatic N) is 6. The Labute approximate surface area is 271 Å². The van der Waals surface area contributed by atoms with Crippen LogP contribution in [0.2, 0.25) is 0 Å². The van der Waals surface area contributed by atoms with Gasteiger partial charge in [-0.05, 0) is 26.0 Å². The van der Waals surface area contributed by atoms with Crippen molar-refractivity contribution in [1.82, 2.24) is 29.8 Å². The van der Waals surface area contributed by atoms with Gasteiger partial charge in [-0.2, -0.15) is 31.6 Å². The van der Waals surface area contributed by atoms with Crippen molar-refractivity contribution in [1.29, 1.82) is 5.26 Å². The molecular weight excluding hydrogens is 677 g/mol. The number of amides is 1. The molecule has 4 N–H and O–H groups in total. The average molecular weight is 703 g/mol. The SMILES string of the molecule is CCOc1c(C(C)Nc2ncnc3[nH]cnc23)cc(C#N)c(F)c1-c1ccc(C(=O)N(C)C)nc1.O=C(O)C(F)(F)F.O=C(O)C(F)(F)F. The van der Waals surface area contributed by atoms with Crippen LogP contribution in [0.3, 0.4) is 0 Å². The molecule has 14 nitrogen and oxygen atoms in total. The van der Waals surface area contributed by atoms with Crippen LogP contribution in [0.25, 0.3) is 22.3 Å². The van der Waals surface area contributed by atoms with Gasteiger partial charge in [0.25, 0.3) is 5.91 Å². The van der Waals surface area contributed by atoms with Crippen LogP contribution in [0, 0.1) is 17.1 Å². The fraction of sp³-hybridized carbons (Fsp3) is 0.286. The first-order valence-corrected chi connectivity index (χ1v) is 13.3. The molecule has 0 bridgehead atoms. The number of fused-ring (bicyclic) bond motifs is 1. The second-order valence-corrected chi connectivity index (χ2v) is 9.50. The molecule has 3 heterocycles. The monoisotopic (exact) mass is 702 g/mol. The number of nitrogens with one attached hydrogen (secondary N) is 2. The van der Waals surface area contributed by atoms with Crippen LogP contribution >= 0.6 is 0 Å². The number of carboxylic acid groups (broad SMARTS) is 2. The molecule has 4 rings (SSSR count). The third-order valence-corrected chi connectivity index (χ3v) is 5.85. The summed E-state index contributed by atoms with van der Waals surface area (Å²) in [6.07, 6.45) is -5.85. The second kappa shape index (κ2) is 16.2. The number of ether oxygens (including phenoxy) is 1. The Balaban J connectivity index is 0.000000500. The summed E-state index contributed by atoms with van der Waals surface area (Å²) in [4.78, 5) is 51.2. The summed E-state index contributed by atoms with van der Waals surface area (Å²) >= 11 is 0. The molecule has 0 saturated heterocycles. The van der Waals surface area contributed by atoms with Gasteiger partial charge < -0.3 is 30.2 Å². The number of alkyl halides is 6. The van der Waals surface area contributed by atoms with Crippen molar-refractivity contribution in [2.45, 2.75) is 32.2 Å². The zero-order chi connectivity index (χ0) is 37.3. The lowest BCUT2D eigenvalue weighted by atomic mass is 9.95. The van der Waals surface area contributed by atoms with Gasteiger partial charge in [0, 0.05) is 31.4 Å². The smallest absolute Gasteiger partial charge is 0.490 e. The van der Waals surface area contributed by atoms with Crippen molar-refractivity contribution >= 4 is 34.8 Å². The van der Waals surface area contributed by atoms with Gasteiger partial charge in [0.1, 0.15) is 29.4 Å². The second-order valence-electron chi connectivity index (χ2n) is 9.50. The van der Waals surface area contributed by atoms with Crippen molar-refractivity contribution in [3.8, 4) is 22.9 Å². The van der Waals surface area contributed by atoms with Crippen LogP contribution in [0.4, 0.5) is 36.6 Å². The van der Waals surface area contributed by atoms with E-state index >= 15 is 4.39 Å². The maximum atomic E-state index is 15.5. The number of hydrogen-bond donors (Lipinski definition) is 4. The van der Waals surface area contributed by atoms with Gasteiger partial charge in [0.05, 0.1) is 30.1 Å². The van der Waals surface area contributed by atoms with Gasteiger partial charge in [-0.25, -0.2) is 28.9 Å². The predicted molar refractivity (Wildman–Crippen MR) is 155 cm³/mol. The first-order valence-electron chi connectivity index (χ1n) is 13.3. The standard InChI is InChI=1S/C24H23FN8O2.2C2HF3O2/c1-5-35-21-16(13(2)32-23-20-22(29-11-28-20)30-12-31-23)8-15(9-26)19(25)18(21)14-6-7-17(27-10-14)24(34)33(3)4;2*3-2(4,5)1(6)7/h6-8,10-13H,5H2,1-4H3,(H2,28,29,30,31,32);2*(H,6,7). The highest BCUT2D eigenvalue weighted by Gasteiger charge is 2.39. The van der Waals surface area contributed by atoms with Crippen LogP contribution < -0.4 is 10.1 Å². The Morgan fingerprint density at radius 3 is 2.10 bits per heavy atom. The molecule has 1 atom stereocenters. The number of carboxylic acids is 2. The number of carbonyl (C=O) groups excluding carboxylic acids is 1. The van der Waals surface area contributed by atoms with E-state index in [2.05, 4.69) is 30.2 Å². The van der Waals surface area contributed by atoms with E-state index in [1.165, 1.54) is 35.9 Å². The lowest BCUT2D eigenvalue weighted by Crippen LogP contribution is -2.22. The number of aliphatic carboxylic acids is 2. The van der Waals surface area contributed by atoms with E-state index in [9.17, 15) is 36.4 Å². The summed E-state index contributed by atoms with van der Waals surface area (Å²) in [6, 6.07) is 6.04. The third-order valence-electron chi connectivity index (χ3n) is 5.85. The molecule has 49 heavy (non-hydrogen) atoms. The van der Waals surface area contributed by atoms with Crippen LogP contribution in [0.5, 0.6) is 5.75 Å². The molecule has 0 fully saturated rings. The van der Waals surface area contributed by atoms with Crippen molar-refractivity contribution in [2.24, 2.45) is 0 Å². The van der Waals surface area contributed by atoms with Crippen LogP contribution in [-0.2, 0) is 9.59 Å². The summed E-state index contributed by atoms with van der Waals surface area (Å²) in [6.45, 7) is 3.90. The number of imidazole rings is 1. The van der Waals surface area contributed by atoms with E-state index in [4.69, 9.17) is 24.5 Å². The number of pyridine rings is 1. The summed E-state index contributed by atoms with van der Waals surface area (Å²) in [5.41, 5.74) is 2.21. The Kier molecular flexibility index (Phi) is 12.9. The summed E-state index contributed by atoms with van der Waals surface area (Å²) in [5.74, 6) is -5.77. The molecule has 262 valence electrons. The largest absolute Gasteiger partial charge is 0.493 e. The Hall–Kier alpha value is -6.07. The number of aromatic amines is 1. The molecule has 1 amide bonds. The fourth-order valence-corrected chi connectivity index (χ4v) is 3.67. The number of H-pyrrole nitrogens is 1. The van der Waals surface area contributed by atoms with Gasteiger partial charge in [0.15, 0.2) is 17.3 Å². The first-order chi connectivity index (χ1) is 22.7. The molecule has 3 aromatic heterocycles. The molecule has 0 radical (unpaired) electrons. The zero-order valence-corrected chi connectivity index (χ0v) is 25.6. The molecule has 0 aliphatic carbocycles. The molecule has 4 aromatic rings. The number of anilines is 1. The van der Waals surface area contributed by atoms with Crippen LogP contribution in [0.1, 0.15) is 41.5 Å². The molecule has 0 spiro atoms. The highest BCUT2D eigenvalue weighted by Crippen LogP contribution is 2.41. The number of rotatable bonds is 7. The van der Waals surface area contributed by atoms with Gasteiger partial charge in [-0.3, -0.25) is 9.78 Å². The normalized spacial score (nSPS) is 11.6. The predicted octanol–water partition coefficient (Wildman–Crippen LogP) is 4.97. The Morgan fingerprint density at radius 1 is 1.04 bits per heavy atom. The fourth-order valence-electron chi connectivity index (χ4n) is 3.67. The highest BCUT2D eigenvalue weighted by molar-refractivity contribution is 5.92. The van der Waals surface area contributed by atoms with E-state index in [-0.39, 0.29) is 35.1 Å². The molecule has 0 aliphatic heterocycles. The molecule has 1 unspecified atom stereocenters. The lowest BCUT2D eigenvalue weighted by Gasteiger charge is -2.22. The molecule has 0 aliphatic rings. The summed E-state index contributed by atoms with van der Waals surface area (Å²) < 4.78 is 84.9. The quantitative estimate of drug-likeness (QED) is 0.188. The minimum absolute atomic E-state index is 0.0958. The van der Waals surface area contributed by atoms with E-state index in [1.807, 2.05) is 13.0 Å². The van der Waals surface area contributed by atoms with Crippen molar-refractivity contribution in [3.05, 3.63) is 59.7 Å². The maximum absolute atomic E-state index is 15.5. The van der Waals surface area contributed by atoms with Gasteiger partial charge in [0.2, 0.25) is 0 Å². The Morgan fingerprint density at radius 2 is 1.63 bits per heavy atom. The van der Waals surface area contributed by atoms with E-state index in [0.717, 1.165) is 0 Å². The Bertz CT molecular complexity index is 1810. The number of halogens is 7. The molecule has 0 saturated carbocycles. The van der Waals surface area contributed by atoms with Crippen LogP contribution in [0.15, 0.2) is 37.1 Å². The van der Waals surface area contributed by atoms with Crippen molar-refractivity contribution in [3.63, 3.8) is 0 Å². The number of nitriles is 1.